The molecule has 1 heterocycles. The van der Waals surface area contributed by atoms with Gasteiger partial charge in [0.15, 0.2) is 0 Å². The van der Waals surface area contributed by atoms with Crippen molar-refractivity contribution >= 4 is 21.8 Å². The van der Waals surface area contributed by atoms with Crippen LogP contribution in [0.4, 0.5) is 0 Å². The van der Waals surface area contributed by atoms with Crippen molar-refractivity contribution < 1.29 is 9.53 Å². The summed E-state index contributed by atoms with van der Waals surface area (Å²) in [6.45, 7) is 13.7. The SMILES string of the molecule is CN(CCOc1ccc(Br)cc1)C(=O)CN1CCN(CCC(C)(C)C)CC1. The van der Waals surface area contributed by atoms with Gasteiger partial charge in [-0.05, 0) is 42.6 Å². The molecule has 1 aliphatic rings. The van der Waals surface area contributed by atoms with E-state index in [1.807, 2.05) is 31.3 Å². The largest absolute Gasteiger partial charge is 0.492 e. The Bertz CT molecular complexity index is 578. The van der Waals surface area contributed by atoms with Gasteiger partial charge in [-0.3, -0.25) is 9.69 Å². The highest BCUT2D eigenvalue weighted by Crippen LogP contribution is 2.19. The minimum absolute atomic E-state index is 0.164. The van der Waals surface area contributed by atoms with E-state index < -0.39 is 0 Å². The van der Waals surface area contributed by atoms with E-state index in [2.05, 4.69) is 46.5 Å². The van der Waals surface area contributed by atoms with Crippen molar-refractivity contribution in [3.63, 3.8) is 0 Å². The van der Waals surface area contributed by atoms with Crippen LogP contribution in [0.5, 0.6) is 5.75 Å². The molecule has 1 amide bonds. The van der Waals surface area contributed by atoms with Gasteiger partial charge in [0.1, 0.15) is 12.4 Å². The maximum Gasteiger partial charge on any atom is 0.236 e. The van der Waals surface area contributed by atoms with Crippen molar-refractivity contribution in [2.24, 2.45) is 5.41 Å². The Kier molecular flexibility index (Phi) is 8.58. The number of hydrogen-bond donors (Lipinski definition) is 0. The maximum atomic E-state index is 12.4. The van der Waals surface area contributed by atoms with Crippen LogP contribution >= 0.6 is 15.9 Å². The van der Waals surface area contributed by atoms with Crippen LogP contribution in [-0.2, 0) is 4.79 Å². The second-order valence-corrected chi connectivity index (χ2v) is 9.46. The van der Waals surface area contributed by atoms with Crippen LogP contribution in [0.2, 0.25) is 0 Å². The van der Waals surface area contributed by atoms with Crippen LogP contribution in [0.15, 0.2) is 28.7 Å². The second-order valence-electron chi connectivity index (χ2n) is 8.55. The number of ether oxygens (including phenoxy) is 1. The first-order valence-electron chi connectivity index (χ1n) is 9.80. The Morgan fingerprint density at radius 3 is 2.30 bits per heavy atom. The van der Waals surface area contributed by atoms with Crippen LogP contribution in [-0.4, -0.2) is 80.1 Å². The molecular weight excluding hydrogens is 406 g/mol. The number of benzene rings is 1. The number of hydrogen-bond acceptors (Lipinski definition) is 4. The van der Waals surface area contributed by atoms with E-state index in [-0.39, 0.29) is 5.91 Å². The van der Waals surface area contributed by atoms with Gasteiger partial charge in [-0.25, -0.2) is 0 Å². The van der Waals surface area contributed by atoms with E-state index in [1.54, 1.807) is 4.90 Å². The molecule has 0 aromatic heterocycles. The molecule has 1 aliphatic heterocycles. The third-order valence-corrected chi connectivity index (χ3v) is 5.47. The number of carbonyl (C=O) groups excluding carboxylic acids is 1. The Balaban J connectivity index is 1.62. The molecule has 1 aromatic carbocycles. The smallest absolute Gasteiger partial charge is 0.236 e. The van der Waals surface area contributed by atoms with Gasteiger partial charge in [0.05, 0.1) is 13.1 Å². The van der Waals surface area contributed by atoms with Crippen molar-refractivity contribution in [1.29, 1.82) is 0 Å². The topological polar surface area (TPSA) is 36.0 Å². The minimum atomic E-state index is 0.164. The minimum Gasteiger partial charge on any atom is -0.492 e. The fraction of sp³-hybridized carbons (Fsp3) is 0.667. The molecule has 152 valence electrons. The summed E-state index contributed by atoms with van der Waals surface area (Å²) in [5.41, 5.74) is 0.383. The third kappa shape index (κ3) is 8.62. The molecule has 0 aliphatic carbocycles. The lowest BCUT2D eigenvalue weighted by molar-refractivity contribution is -0.131. The van der Waals surface area contributed by atoms with Crippen LogP contribution in [0.3, 0.4) is 0 Å². The van der Waals surface area contributed by atoms with E-state index in [0.717, 1.165) is 42.9 Å². The number of rotatable bonds is 8. The van der Waals surface area contributed by atoms with Gasteiger partial charge in [0.2, 0.25) is 5.91 Å². The van der Waals surface area contributed by atoms with E-state index in [4.69, 9.17) is 4.74 Å². The van der Waals surface area contributed by atoms with Crippen LogP contribution < -0.4 is 4.74 Å². The number of amides is 1. The van der Waals surface area contributed by atoms with Gasteiger partial charge in [-0.2, -0.15) is 0 Å². The Morgan fingerprint density at radius 1 is 1.11 bits per heavy atom. The third-order valence-electron chi connectivity index (χ3n) is 4.94. The van der Waals surface area contributed by atoms with Crippen molar-refractivity contribution in [2.75, 3.05) is 59.5 Å². The van der Waals surface area contributed by atoms with Gasteiger partial charge in [0, 0.05) is 37.7 Å². The summed E-state index contributed by atoms with van der Waals surface area (Å²) in [5.74, 6) is 0.989. The molecule has 1 fully saturated rings. The summed E-state index contributed by atoms with van der Waals surface area (Å²) in [6, 6.07) is 7.74. The normalized spacial score (nSPS) is 16.3. The molecule has 6 heteroatoms. The number of nitrogens with zero attached hydrogens (tertiary/aromatic N) is 3. The number of likely N-dealkylation sites (N-methyl/N-ethyl adjacent to an activating group) is 1. The zero-order valence-corrected chi connectivity index (χ0v) is 18.8. The van der Waals surface area contributed by atoms with E-state index >= 15 is 0 Å². The lowest BCUT2D eigenvalue weighted by Gasteiger charge is -2.36. The number of piperazine rings is 1. The monoisotopic (exact) mass is 439 g/mol. The molecule has 0 bridgehead atoms. The highest BCUT2D eigenvalue weighted by Gasteiger charge is 2.21. The van der Waals surface area contributed by atoms with Gasteiger partial charge >= 0.3 is 0 Å². The summed E-state index contributed by atoms with van der Waals surface area (Å²) in [6.07, 6.45) is 1.22. The second kappa shape index (κ2) is 10.4. The maximum absolute atomic E-state index is 12.4. The van der Waals surface area contributed by atoms with E-state index in [0.29, 0.717) is 25.1 Å². The summed E-state index contributed by atoms with van der Waals surface area (Å²) < 4.78 is 6.73. The summed E-state index contributed by atoms with van der Waals surface area (Å²) in [7, 11) is 1.85. The molecule has 0 unspecified atom stereocenters. The molecule has 0 radical (unpaired) electrons. The highest BCUT2D eigenvalue weighted by molar-refractivity contribution is 9.10. The highest BCUT2D eigenvalue weighted by atomic mass is 79.9. The predicted octanol–water partition coefficient (Wildman–Crippen LogP) is 3.34. The molecular formula is C21H34BrN3O2. The molecule has 1 aromatic rings. The fourth-order valence-electron chi connectivity index (χ4n) is 2.93. The zero-order chi connectivity index (χ0) is 19.9. The summed E-state index contributed by atoms with van der Waals surface area (Å²) >= 11 is 3.41. The van der Waals surface area contributed by atoms with Crippen molar-refractivity contribution in [2.45, 2.75) is 27.2 Å². The Labute approximate surface area is 172 Å². The zero-order valence-electron chi connectivity index (χ0n) is 17.2. The molecule has 0 N–H and O–H groups in total. The Hall–Kier alpha value is -1.11. The van der Waals surface area contributed by atoms with Crippen LogP contribution in [0, 0.1) is 5.41 Å². The number of carbonyl (C=O) groups is 1. The van der Waals surface area contributed by atoms with Crippen molar-refractivity contribution in [1.82, 2.24) is 14.7 Å². The summed E-state index contributed by atoms with van der Waals surface area (Å²) in [5, 5.41) is 0. The molecule has 27 heavy (non-hydrogen) atoms. The van der Waals surface area contributed by atoms with Crippen molar-refractivity contribution in [3.05, 3.63) is 28.7 Å². The molecule has 1 saturated heterocycles. The predicted molar refractivity (Wildman–Crippen MR) is 114 cm³/mol. The Morgan fingerprint density at radius 2 is 1.70 bits per heavy atom. The van der Waals surface area contributed by atoms with Gasteiger partial charge in [-0.15, -0.1) is 0 Å². The van der Waals surface area contributed by atoms with Crippen LogP contribution in [0.1, 0.15) is 27.2 Å². The standard InChI is InChI=1S/C21H34BrN3O2/c1-21(2,3)9-10-24-11-13-25(14-12-24)17-20(26)23(4)15-16-27-19-7-5-18(22)6-8-19/h5-8H,9-17H2,1-4H3. The molecule has 0 atom stereocenters. The first kappa shape index (κ1) is 22.2. The lowest BCUT2D eigenvalue weighted by atomic mass is 9.92. The fourth-order valence-corrected chi connectivity index (χ4v) is 3.20. The van der Waals surface area contributed by atoms with Crippen LogP contribution in [0.25, 0.3) is 0 Å². The number of halogens is 1. The average Bonchev–Trinajstić information content (AvgIpc) is 2.62. The summed E-state index contributed by atoms with van der Waals surface area (Å²) in [4.78, 5) is 19.0. The first-order chi connectivity index (χ1) is 12.7. The molecule has 2 rings (SSSR count). The van der Waals surface area contributed by atoms with E-state index in [1.165, 1.54) is 6.42 Å². The average molecular weight is 440 g/mol. The molecule has 0 spiro atoms. The van der Waals surface area contributed by atoms with Crippen molar-refractivity contribution in [3.8, 4) is 5.75 Å². The van der Waals surface area contributed by atoms with Gasteiger partial charge < -0.3 is 14.5 Å². The van der Waals surface area contributed by atoms with Gasteiger partial charge in [-0.1, -0.05) is 36.7 Å². The first-order valence-corrected chi connectivity index (χ1v) is 10.6. The molecule has 0 saturated carbocycles. The quantitative estimate of drug-likeness (QED) is 0.622. The van der Waals surface area contributed by atoms with Gasteiger partial charge in [0.25, 0.3) is 0 Å². The molecule has 5 nitrogen and oxygen atoms in total. The van der Waals surface area contributed by atoms with E-state index in [9.17, 15) is 4.79 Å². The lowest BCUT2D eigenvalue weighted by Crippen LogP contribution is -2.50.